The van der Waals surface area contributed by atoms with Crippen LogP contribution in [0, 0.1) is 6.92 Å². The highest BCUT2D eigenvalue weighted by Gasteiger charge is 2.30. The van der Waals surface area contributed by atoms with Gasteiger partial charge in [-0.2, -0.15) is 0 Å². The molecule has 2 aromatic heterocycles. The van der Waals surface area contributed by atoms with E-state index in [2.05, 4.69) is 19.9 Å². The molecule has 0 aliphatic heterocycles. The summed E-state index contributed by atoms with van der Waals surface area (Å²) in [5.74, 6) is 0. The zero-order valence-electron chi connectivity index (χ0n) is 13.5. The van der Waals surface area contributed by atoms with Crippen LogP contribution < -0.4 is 11.3 Å². The van der Waals surface area contributed by atoms with E-state index in [1.165, 1.54) is 11.8 Å². The zero-order valence-corrected chi connectivity index (χ0v) is 13.5. The van der Waals surface area contributed by atoms with E-state index in [0.717, 1.165) is 24.8 Å². The molecule has 0 N–H and O–H groups in total. The van der Waals surface area contributed by atoms with Gasteiger partial charge in [0.05, 0.1) is 11.6 Å². The van der Waals surface area contributed by atoms with E-state index >= 15 is 0 Å². The number of hydrogen-bond donors (Lipinski definition) is 0. The number of furan rings is 1. The minimum atomic E-state index is -0.628. The predicted molar refractivity (Wildman–Crippen MR) is 89.2 cm³/mol. The van der Waals surface area contributed by atoms with Gasteiger partial charge in [-0.15, -0.1) is 0 Å². The summed E-state index contributed by atoms with van der Waals surface area (Å²) >= 11 is 0. The van der Waals surface area contributed by atoms with E-state index in [-0.39, 0.29) is 5.41 Å². The first kappa shape index (κ1) is 14.2. The summed E-state index contributed by atoms with van der Waals surface area (Å²) in [6, 6.07) is 3.96. The maximum atomic E-state index is 12.6. The first-order valence-electron chi connectivity index (χ1n) is 7.91. The van der Waals surface area contributed by atoms with Crippen LogP contribution in [-0.2, 0) is 11.8 Å². The molecule has 23 heavy (non-hydrogen) atoms. The first-order valence-corrected chi connectivity index (χ1v) is 7.91. The van der Waals surface area contributed by atoms with Gasteiger partial charge in [0.2, 0.25) is 0 Å². The lowest BCUT2D eigenvalue weighted by Crippen LogP contribution is -2.24. The summed E-state index contributed by atoms with van der Waals surface area (Å²) in [4.78, 5) is 24.9. The highest BCUT2D eigenvalue weighted by molar-refractivity contribution is 6.04. The Hall–Kier alpha value is -2.36. The van der Waals surface area contributed by atoms with Gasteiger partial charge in [-0.05, 0) is 42.7 Å². The molecular weight excluding hydrogens is 292 g/mol. The molecule has 0 atom stereocenters. The van der Waals surface area contributed by atoms with Crippen molar-refractivity contribution in [1.29, 1.82) is 0 Å². The van der Waals surface area contributed by atoms with E-state index in [1.54, 1.807) is 6.92 Å². The average molecular weight is 310 g/mol. The Balaban J connectivity index is 2.31. The van der Waals surface area contributed by atoms with Crippen LogP contribution in [0.1, 0.15) is 43.4 Å². The number of benzene rings is 1. The summed E-state index contributed by atoms with van der Waals surface area (Å²) in [5.41, 5.74) is 2.11. The summed E-state index contributed by atoms with van der Waals surface area (Å²) in [6.07, 6.45) is 4.45. The van der Waals surface area contributed by atoms with Gasteiger partial charge in [-0.1, -0.05) is 26.0 Å². The van der Waals surface area contributed by atoms with Crippen LogP contribution in [0.4, 0.5) is 0 Å². The van der Waals surface area contributed by atoms with E-state index in [0.29, 0.717) is 27.3 Å². The van der Waals surface area contributed by atoms with Crippen LogP contribution in [0.25, 0.3) is 21.7 Å². The van der Waals surface area contributed by atoms with Crippen molar-refractivity contribution in [2.75, 3.05) is 0 Å². The highest BCUT2D eigenvalue weighted by Crippen LogP contribution is 2.40. The van der Waals surface area contributed by atoms with Crippen LogP contribution in [0.5, 0.6) is 0 Å². The van der Waals surface area contributed by atoms with Crippen molar-refractivity contribution in [3.05, 3.63) is 55.9 Å². The third kappa shape index (κ3) is 1.90. The topological polar surface area (TPSA) is 60.4 Å². The lowest BCUT2D eigenvalue weighted by molar-refractivity contribution is 0.432. The molecule has 0 saturated heterocycles. The van der Waals surface area contributed by atoms with Crippen molar-refractivity contribution in [3.8, 4) is 0 Å². The molecule has 1 aliphatic carbocycles. The molecule has 4 heteroatoms. The molecule has 0 fully saturated rings. The molecule has 2 heterocycles. The molecule has 4 rings (SSSR count). The van der Waals surface area contributed by atoms with Crippen LogP contribution in [-0.4, -0.2) is 0 Å². The van der Waals surface area contributed by atoms with E-state index < -0.39 is 11.3 Å². The third-order valence-corrected chi connectivity index (χ3v) is 5.08. The van der Waals surface area contributed by atoms with Crippen LogP contribution in [0.3, 0.4) is 0 Å². The molecule has 118 valence electrons. The Bertz CT molecular complexity index is 1070. The molecule has 0 unspecified atom stereocenters. The number of aryl methyl sites for hydroxylation is 2. The van der Waals surface area contributed by atoms with Gasteiger partial charge in [0.15, 0.2) is 0 Å². The monoisotopic (exact) mass is 310 g/mol. The molecule has 3 aromatic rings. The van der Waals surface area contributed by atoms with Gasteiger partial charge in [-0.25, -0.2) is 9.59 Å². The predicted octanol–water partition coefficient (Wildman–Crippen LogP) is 3.82. The number of rotatable bonds is 0. The fourth-order valence-electron chi connectivity index (χ4n) is 3.89. The van der Waals surface area contributed by atoms with Gasteiger partial charge in [-0.3, -0.25) is 0 Å². The van der Waals surface area contributed by atoms with Gasteiger partial charge < -0.3 is 8.83 Å². The normalized spacial score (nSPS) is 16.7. The third-order valence-electron chi connectivity index (χ3n) is 5.08. The Labute approximate surface area is 132 Å². The second-order valence-electron chi connectivity index (χ2n) is 7.05. The van der Waals surface area contributed by atoms with E-state index in [9.17, 15) is 9.59 Å². The van der Waals surface area contributed by atoms with Gasteiger partial charge in [0, 0.05) is 10.9 Å². The molecule has 0 amide bonds. The van der Waals surface area contributed by atoms with Crippen molar-refractivity contribution in [2.45, 2.75) is 45.4 Å². The number of fused-ring (bicyclic) bond motifs is 5. The Morgan fingerprint density at radius 1 is 1.09 bits per heavy atom. The van der Waals surface area contributed by atoms with E-state index in [4.69, 9.17) is 8.83 Å². The van der Waals surface area contributed by atoms with Crippen molar-refractivity contribution in [2.24, 2.45) is 0 Å². The standard InChI is InChI=1S/C19H18O4/c1-10-9-22-16-12-6-7-13-11(5-4-8-19(13,2)3)15(12)18(21)23-17(20)14(10)16/h6-7,9H,4-5,8H2,1-3H3. The Kier molecular flexibility index (Phi) is 2.83. The van der Waals surface area contributed by atoms with Gasteiger partial charge >= 0.3 is 11.3 Å². The molecule has 4 nitrogen and oxygen atoms in total. The average Bonchev–Trinajstić information content (AvgIpc) is 2.82. The summed E-state index contributed by atoms with van der Waals surface area (Å²) < 4.78 is 10.7. The van der Waals surface area contributed by atoms with Crippen molar-refractivity contribution < 1.29 is 8.83 Å². The second-order valence-corrected chi connectivity index (χ2v) is 7.05. The van der Waals surface area contributed by atoms with Crippen molar-refractivity contribution in [3.63, 3.8) is 0 Å². The maximum Gasteiger partial charge on any atom is 0.350 e. The fourth-order valence-corrected chi connectivity index (χ4v) is 3.89. The molecular formula is C19H18O4. The number of hydrogen-bond acceptors (Lipinski definition) is 4. The first-order chi connectivity index (χ1) is 10.9. The largest absolute Gasteiger partial charge is 0.463 e. The smallest absolute Gasteiger partial charge is 0.350 e. The van der Waals surface area contributed by atoms with Crippen LogP contribution in [0.2, 0.25) is 0 Å². The van der Waals surface area contributed by atoms with Crippen molar-refractivity contribution in [1.82, 2.24) is 0 Å². The molecule has 0 radical (unpaired) electrons. The molecule has 0 saturated carbocycles. The molecule has 0 bridgehead atoms. The van der Waals surface area contributed by atoms with Gasteiger partial charge in [0.1, 0.15) is 11.0 Å². The fraction of sp³-hybridized carbons (Fsp3) is 0.368. The quantitative estimate of drug-likeness (QED) is 0.633. The lowest BCUT2D eigenvalue weighted by Gasteiger charge is -2.32. The van der Waals surface area contributed by atoms with E-state index in [1.807, 2.05) is 6.07 Å². The van der Waals surface area contributed by atoms with Crippen LogP contribution in [0.15, 0.2) is 36.8 Å². The summed E-state index contributed by atoms with van der Waals surface area (Å²) in [6.45, 7) is 6.15. The molecule has 0 spiro atoms. The lowest BCUT2D eigenvalue weighted by atomic mass is 9.72. The molecule has 1 aromatic carbocycles. The Morgan fingerprint density at radius 3 is 2.61 bits per heavy atom. The van der Waals surface area contributed by atoms with Gasteiger partial charge in [0.25, 0.3) is 0 Å². The summed E-state index contributed by atoms with van der Waals surface area (Å²) in [7, 11) is 0. The second kappa shape index (κ2) is 4.57. The minimum Gasteiger partial charge on any atom is -0.463 e. The SMILES string of the molecule is Cc1coc2c1c(=O)oc(=O)c1c3c(ccc12)C(C)(C)CCC3. The maximum absolute atomic E-state index is 12.6. The zero-order chi connectivity index (χ0) is 16.4. The van der Waals surface area contributed by atoms with Crippen LogP contribution >= 0.6 is 0 Å². The Morgan fingerprint density at radius 2 is 1.83 bits per heavy atom. The van der Waals surface area contributed by atoms with Crippen molar-refractivity contribution >= 4 is 21.7 Å². The molecule has 1 aliphatic rings. The summed E-state index contributed by atoms with van der Waals surface area (Å²) in [5, 5.41) is 1.52. The minimum absolute atomic E-state index is 0.0150. The highest BCUT2D eigenvalue weighted by atomic mass is 16.4.